The number of ether oxygens (including phenoxy) is 2. The quantitative estimate of drug-likeness (QED) is 0.791. The summed E-state index contributed by atoms with van der Waals surface area (Å²) in [6.07, 6.45) is 0. The number of pyridine rings is 1. The van der Waals surface area contributed by atoms with Gasteiger partial charge in [0.2, 0.25) is 0 Å². The zero-order valence-electron chi connectivity index (χ0n) is 12.0. The zero-order valence-corrected chi connectivity index (χ0v) is 12.0. The van der Waals surface area contributed by atoms with E-state index in [1.165, 1.54) is 7.11 Å². The highest BCUT2D eigenvalue weighted by atomic mass is 16.5. The monoisotopic (exact) mass is 291 g/mol. The minimum Gasteiger partial charge on any atom is -0.464 e. The number of amides is 1. The maximum atomic E-state index is 11.9. The maximum absolute atomic E-state index is 11.9. The highest BCUT2D eigenvalue weighted by molar-refractivity contribution is 6.03. The van der Waals surface area contributed by atoms with Crippen molar-refractivity contribution in [3.05, 3.63) is 22.9 Å². The van der Waals surface area contributed by atoms with Gasteiger partial charge in [-0.3, -0.25) is 4.79 Å². The number of morpholine rings is 1. The fourth-order valence-electron chi connectivity index (χ4n) is 2.68. The summed E-state index contributed by atoms with van der Waals surface area (Å²) in [5, 5.41) is 2.72. The van der Waals surface area contributed by atoms with Crippen LogP contribution in [0.3, 0.4) is 0 Å². The molecule has 1 atom stereocenters. The number of aromatic nitrogens is 1. The van der Waals surface area contributed by atoms with Crippen molar-refractivity contribution in [2.24, 2.45) is 0 Å². The average Bonchev–Trinajstić information content (AvgIpc) is 2.87. The highest BCUT2D eigenvalue weighted by Gasteiger charge is 2.30. The molecule has 7 heteroatoms. The van der Waals surface area contributed by atoms with E-state index >= 15 is 0 Å². The van der Waals surface area contributed by atoms with Crippen LogP contribution in [-0.4, -0.2) is 49.8 Å². The van der Waals surface area contributed by atoms with Crippen LogP contribution >= 0.6 is 0 Å². The van der Waals surface area contributed by atoms with E-state index in [1.54, 1.807) is 6.07 Å². The number of rotatable bonds is 2. The summed E-state index contributed by atoms with van der Waals surface area (Å²) in [5.74, 6) is -0.0905. The van der Waals surface area contributed by atoms with Gasteiger partial charge in [-0.05, 0) is 13.0 Å². The molecule has 0 spiro atoms. The minimum atomic E-state index is -0.523. The Morgan fingerprint density at radius 3 is 3.10 bits per heavy atom. The highest BCUT2D eigenvalue weighted by Crippen LogP contribution is 2.26. The molecule has 3 heterocycles. The van der Waals surface area contributed by atoms with Crippen LogP contribution in [0.15, 0.2) is 6.07 Å². The van der Waals surface area contributed by atoms with E-state index in [9.17, 15) is 9.59 Å². The fourth-order valence-corrected chi connectivity index (χ4v) is 2.68. The molecule has 2 aliphatic heterocycles. The van der Waals surface area contributed by atoms with Crippen LogP contribution in [0.1, 0.15) is 33.3 Å². The number of hydrogen-bond donors (Lipinski definition) is 1. The summed E-state index contributed by atoms with van der Waals surface area (Å²) in [4.78, 5) is 30.3. The average molecular weight is 291 g/mol. The van der Waals surface area contributed by atoms with E-state index in [0.717, 1.165) is 0 Å². The van der Waals surface area contributed by atoms with Crippen molar-refractivity contribution in [3.8, 4) is 0 Å². The molecule has 112 valence electrons. The molecule has 7 nitrogen and oxygen atoms in total. The first-order valence-electron chi connectivity index (χ1n) is 6.86. The maximum Gasteiger partial charge on any atom is 0.357 e. The predicted molar refractivity (Wildman–Crippen MR) is 74.4 cm³/mol. The third-order valence-electron chi connectivity index (χ3n) is 3.82. The van der Waals surface area contributed by atoms with E-state index in [2.05, 4.69) is 10.3 Å². The standard InChI is InChI=1S/C14H17N3O4/c1-8-7-21-4-3-17(8)11-5-9-10(6-15-13(9)18)12(16-11)14(19)20-2/h5,8H,3-4,6-7H2,1-2H3,(H,15,18). The summed E-state index contributed by atoms with van der Waals surface area (Å²) in [6.45, 7) is 4.20. The van der Waals surface area contributed by atoms with Crippen LogP contribution in [0.4, 0.5) is 5.82 Å². The predicted octanol–water partition coefficient (Wildman–Crippen LogP) is 0.337. The number of hydrogen-bond acceptors (Lipinski definition) is 6. The third-order valence-corrected chi connectivity index (χ3v) is 3.82. The number of nitrogens with one attached hydrogen (secondary N) is 1. The Morgan fingerprint density at radius 2 is 2.38 bits per heavy atom. The molecule has 1 amide bonds. The first-order chi connectivity index (χ1) is 10.1. The lowest BCUT2D eigenvalue weighted by Crippen LogP contribution is -2.44. The van der Waals surface area contributed by atoms with Gasteiger partial charge in [0, 0.05) is 18.7 Å². The van der Waals surface area contributed by atoms with Crippen molar-refractivity contribution < 1.29 is 19.1 Å². The zero-order chi connectivity index (χ0) is 15.0. The molecule has 1 fully saturated rings. The largest absolute Gasteiger partial charge is 0.464 e. The molecule has 1 saturated heterocycles. The lowest BCUT2D eigenvalue weighted by molar-refractivity contribution is 0.0592. The van der Waals surface area contributed by atoms with Crippen molar-refractivity contribution in [1.29, 1.82) is 0 Å². The lowest BCUT2D eigenvalue weighted by atomic mass is 10.1. The summed E-state index contributed by atoms with van der Waals surface area (Å²) in [5.41, 5.74) is 1.32. The van der Waals surface area contributed by atoms with Gasteiger partial charge in [-0.25, -0.2) is 9.78 Å². The number of methoxy groups -OCH3 is 1. The molecule has 2 aliphatic rings. The number of nitrogens with zero attached hydrogens (tertiary/aromatic N) is 2. The Labute approximate surface area is 122 Å². The summed E-state index contributed by atoms with van der Waals surface area (Å²) in [7, 11) is 1.31. The van der Waals surface area contributed by atoms with Gasteiger partial charge in [-0.15, -0.1) is 0 Å². The van der Waals surface area contributed by atoms with Gasteiger partial charge in [-0.1, -0.05) is 0 Å². The van der Waals surface area contributed by atoms with E-state index in [4.69, 9.17) is 9.47 Å². The van der Waals surface area contributed by atoms with Crippen LogP contribution in [0.2, 0.25) is 0 Å². The number of anilines is 1. The fraction of sp³-hybridized carbons (Fsp3) is 0.500. The Kier molecular flexibility index (Phi) is 3.50. The normalized spacial score (nSPS) is 21.0. The third kappa shape index (κ3) is 2.33. The molecule has 1 aromatic rings. The Bertz CT molecular complexity index is 602. The van der Waals surface area contributed by atoms with Crippen molar-refractivity contribution in [2.45, 2.75) is 19.5 Å². The van der Waals surface area contributed by atoms with Crippen LogP contribution in [0.5, 0.6) is 0 Å². The second-order valence-corrected chi connectivity index (χ2v) is 5.15. The van der Waals surface area contributed by atoms with E-state index in [0.29, 0.717) is 43.2 Å². The molecule has 21 heavy (non-hydrogen) atoms. The van der Waals surface area contributed by atoms with Crippen LogP contribution in [0, 0.1) is 0 Å². The number of carbonyl (C=O) groups excluding carboxylic acids is 2. The summed E-state index contributed by atoms with van der Waals surface area (Å²) < 4.78 is 10.2. The Balaban J connectivity index is 2.07. The molecule has 0 aromatic carbocycles. The molecular weight excluding hydrogens is 274 g/mol. The van der Waals surface area contributed by atoms with Gasteiger partial charge in [0.1, 0.15) is 5.82 Å². The lowest BCUT2D eigenvalue weighted by Gasteiger charge is -2.34. The first kappa shape index (κ1) is 13.8. The van der Waals surface area contributed by atoms with E-state index in [1.807, 2.05) is 11.8 Å². The minimum absolute atomic E-state index is 0.138. The SMILES string of the molecule is COC(=O)c1nc(N2CCOCC2C)cc2c1CNC2=O. The van der Waals surface area contributed by atoms with Crippen LogP contribution in [-0.2, 0) is 16.0 Å². The molecule has 0 radical (unpaired) electrons. The van der Waals surface area contributed by atoms with Crippen molar-refractivity contribution >= 4 is 17.7 Å². The molecule has 0 saturated carbocycles. The van der Waals surface area contributed by atoms with Gasteiger partial charge in [0.05, 0.1) is 31.9 Å². The van der Waals surface area contributed by atoms with Crippen LogP contribution in [0.25, 0.3) is 0 Å². The number of carbonyl (C=O) groups is 2. The molecule has 1 unspecified atom stereocenters. The van der Waals surface area contributed by atoms with Crippen LogP contribution < -0.4 is 10.2 Å². The topological polar surface area (TPSA) is 80.8 Å². The molecule has 0 aliphatic carbocycles. The van der Waals surface area contributed by atoms with Gasteiger partial charge in [-0.2, -0.15) is 0 Å². The smallest absolute Gasteiger partial charge is 0.357 e. The van der Waals surface area contributed by atoms with Crippen molar-refractivity contribution in [2.75, 3.05) is 31.8 Å². The molecule has 1 N–H and O–H groups in total. The Hall–Kier alpha value is -2.15. The summed E-state index contributed by atoms with van der Waals surface area (Å²) in [6, 6.07) is 1.88. The van der Waals surface area contributed by atoms with Gasteiger partial charge in [0.25, 0.3) is 5.91 Å². The van der Waals surface area contributed by atoms with Crippen molar-refractivity contribution in [1.82, 2.24) is 10.3 Å². The van der Waals surface area contributed by atoms with E-state index in [-0.39, 0.29) is 17.6 Å². The molecule has 3 rings (SSSR count). The molecule has 1 aromatic heterocycles. The summed E-state index contributed by atoms with van der Waals surface area (Å²) >= 11 is 0. The molecular formula is C14H17N3O4. The van der Waals surface area contributed by atoms with Gasteiger partial charge < -0.3 is 19.7 Å². The van der Waals surface area contributed by atoms with Crippen molar-refractivity contribution in [3.63, 3.8) is 0 Å². The second-order valence-electron chi connectivity index (χ2n) is 5.15. The van der Waals surface area contributed by atoms with Gasteiger partial charge in [0.15, 0.2) is 5.69 Å². The number of esters is 1. The van der Waals surface area contributed by atoms with E-state index < -0.39 is 5.97 Å². The Morgan fingerprint density at radius 1 is 1.57 bits per heavy atom. The second kappa shape index (κ2) is 5.33. The first-order valence-corrected chi connectivity index (χ1v) is 6.86. The molecule has 0 bridgehead atoms. The van der Waals surface area contributed by atoms with Gasteiger partial charge >= 0.3 is 5.97 Å². The number of fused-ring (bicyclic) bond motifs is 1.